The lowest BCUT2D eigenvalue weighted by Crippen LogP contribution is -2.22. The van der Waals surface area contributed by atoms with E-state index in [2.05, 4.69) is 35.7 Å². The highest BCUT2D eigenvalue weighted by Crippen LogP contribution is 2.31. The molecule has 0 amide bonds. The molecule has 0 spiro atoms. The van der Waals surface area contributed by atoms with Crippen LogP contribution in [0.5, 0.6) is 17.5 Å². The summed E-state index contributed by atoms with van der Waals surface area (Å²) in [6, 6.07) is 10.1. The second kappa shape index (κ2) is 8.36. The Kier molecular flexibility index (Phi) is 6.45. The van der Waals surface area contributed by atoms with Gasteiger partial charge >= 0.3 is 0 Å². The molecule has 0 atom stereocenters. The third kappa shape index (κ3) is 5.76. The second-order valence-electron chi connectivity index (χ2n) is 6.84. The third-order valence-corrected chi connectivity index (χ3v) is 5.76. The number of hydrogen-bond donors (Lipinski definition) is 0. The van der Waals surface area contributed by atoms with Crippen molar-refractivity contribution < 1.29 is 9.47 Å². The summed E-state index contributed by atoms with van der Waals surface area (Å²) >= 11 is 1.44. The predicted octanol–water partition coefficient (Wildman–Crippen LogP) is 4.89. The molecule has 0 aliphatic rings. The Morgan fingerprint density at radius 3 is 2.32 bits per heavy atom. The fourth-order valence-corrected chi connectivity index (χ4v) is 3.01. The van der Waals surface area contributed by atoms with Crippen molar-refractivity contribution >= 4 is 19.8 Å². The highest BCUT2D eigenvalue weighted by molar-refractivity contribution is 7.98. The van der Waals surface area contributed by atoms with E-state index in [0.29, 0.717) is 34.8 Å². The minimum absolute atomic E-state index is 0.479. The zero-order valence-corrected chi connectivity index (χ0v) is 17.1. The number of nitriles is 1. The first-order valence-electron chi connectivity index (χ1n) is 8.06. The normalized spacial score (nSPS) is 11.0. The van der Waals surface area contributed by atoms with E-state index in [1.807, 2.05) is 13.2 Å². The SMILES string of the molecule is CSc1nc(OCC[Si](C)(C)C)c(C)c(Oc2ccc(C#N)cc2)n1. The molecule has 2 rings (SSSR count). The Bertz CT molecular complexity index is 768. The number of aromatic nitrogens is 2. The summed E-state index contributed by atoms with van der Waals surface area (Å²) in [7, 11) is -1.17. The fourth-order valence-electron chi connectivity index (χ4n) is 1.95. The van der Waals surface area contributed by atoms with Crippen LogP contribution in [0.25, 0.3) is 0 Å². The van der Waals surface area contributed by atoms with Crippen LogP contribution < -0.4 is 9.47 Å². The average Bonchev–Trinajstić information content (AvgIpc) is 2.57. The molecule has 1 heterocycles. The smallest absolute Gasteiger partial charge is 0.230 e. The van der Waals surface area contributed by atoms with Gasteiger partial charge in [-0.05, 0) is 43.5 Å². The van der Waals surface area contributed by atoms with E-state index in [4.69, 9.17) is 14.7 Å². The molecule has 0 saturated heterocycles. The maximum absolute atomic E-state index is 8.88. The summed E-state index contributed by atoms with van der Waals surface area (Å²) in [6.07, 6.45) is 1.92. The summed E-state index contributed by atoms with van der Waals surface area (Å²) in [6.45, 7) is 9.49. The van der Waals surface area contributed by atoms with Crippen molar-refractivity contribution in [1.82, 2.24) is 9.97 Å². The molecule has 0 aliphatic carbocycles. The average molecular weight is 374 g/mol. The van der Waals surface area contributed by atoms with Crippen molar-refractivity contribution in [2.75, 3.05) is 12.9 Å². The van der Waals surface area contributed by atoms with E-state index < -0.39 is 8.07 Å². The van der Waals surface area contributed by atoms with Gasteiger partial charge in [-0.2, -0.15) is 15.2 Å². The summed E-state index contributed by atoms with van der Waals surface area (Å²) in [5, 5.41) is 9.49. The lowest BCUT2D eigenvalue weighted by atomic mass is 10.2. The van der Waals surface area contributed by atoms with Crippen LogP contribution in [0, 0.1) is 18.3 Å². The van der Waals surface area contributed by atoms with Crippen molar-refractivity contribution in [2.45, 2.75) is 37.8 Å². The van der Waals surface area contributed by atoms with Gasteiger partial charge in [0.25, 0.3) is 0 Å². The third-order valence-electron chi connectivity index (χ3n) is 3.51. The van der Waals surface area contributed by atoms with Crippen LogP contribution in [0.4, 0.5) is 0 Å². The van der Waals surface area contributed by atoms with Crippen molar-refractivity contribution in [3.05, 3.63) is 35.4 Å². The van der Waals surface area contributed by atoms with Crippen LogP contribution in [0.1, 0.15) is 11.1 Å². The molecule has 0 radical (unpaired) electrons. The largest absolute Gasteiger partial charge is 0.478 e. The Morgan fingerprint density at radius 2 is 1.76 bits per heavy atom. The van der Waals surface area contributed by atoms with Crippen LogP contribution in [0.3, 0.4) is 0 Å². The van der Waals surface area contributed by atoms with Crippen molar-refractivity contribution in [3.8, 4) is 23.6 Å². The first-order chi connectivity index (χ1) is 11.8. The van der Waals surface area contributed by atoms with Crippen molar-refractivity contribution in [3.63, 3.8) is 0 Å². The molecule has 1 aromatic carbocycles. The van der Waals surface area contributed by atoms with Gasteiger partial charge in [-0.25, -0.2) is 0 Å². The topological polar surface area (TPSA) is 68.0 Å². The summed E-state index contributed by atoms with van der Waals surface area (Å²) in [4.78, 5) is 8.90. The van der Waals surface area contributed by atoms with Crippen LogP contribution in [0.2, 0.25) is 25.7 Å². The molecule has 1 aromatic heterocycles. The van der Waals surface area contributed by atoms with E-state index >= 15 is 0 Å². The van der Waals surface area contributed by atoms with E-state index in [0.717, 1.165) is 11.6 Å². The first kappa shape index (κ1) is 19.3. The number of benzene rings is 1. The minimum Gasteiger partial charge on any atom is -0.478 e. The van der Waals surface area contributed by atoms with Crippen LogP contribution in [-0.4, -0.2) is 30.9 Å². The number of rotatable bonds is 7. The van der Waals surface area contributed by atoms with Crippen LogP contribution in [-0.2, 0) is 0 Å². The highest BCUT2D eigenvalue weighted by atomic mass is 32.2. The molecule has 7 heteroatoms. The zero-order chi connectivity index (χ0) is 18.4. The van der Waals surface area contributed by atoms with Gasteiger partial charge in [-0.1, -0.05) is 31.4 Å². The fraction of sp³-hybridized carbons (Fsp3) is 0.389. The van der Waals surface area contributed by atoms with Gasteiger partial charge in [-0.3, -0.25) is 0 Å². The summed E-state index contributed by atoms with van der Waals surface area (Å²) in [5.41, 5.74) is 1.37. The number of thioether (sulfide) groups is 1. The zero-order valence-electron chi connectivity index (χ0n) is 15.3. The Hall–Kier alpha value is -2.04. The molecule has 5 nitrogen and oxygen atoms in total. The maximum Gasteiger partial charge on any atom is 0.230 e. The van der Waals surface area contributed by atoms with Crippen LogP contribution in [0.15, 0.2) is 29.4 Å². The van der Waals surface area contributed by atoms with Gasteiger partial charge in [-0.15, -0.1) is 0 Å². The van der Waals surface area contributed by atoms with Gasteiger partial charge in [0, 0.05) is 8.07 Å². The molecule has 0 saturated carbocycles. The molecule has 0 bridgehead atoms. The van der Waals surface area contributed by atoms with Gasteiger partial charge < -0.3 is 9.47 Å². The molecule has 0 aliphatic heterocycles. The van der Waals surface area contributed by atoms with Crippen molar-refractivity contribution in [1.29, 1.82) is 5.26 Å². The molecular formula is C18H23N3O2SSi. The predicted molar refractivity (Wildman–Crippen MR) is 103 cm³/mol. The molecule has 0 fully saturated rings. The Balaban J connectivity index is 2.21. The van der Waals surface area contributed by atoms with E-state index in [9.17, 15) is 0 Å². The molecule has 132 valence electrons. The van der Waals surface area contributed by atoms with Gasteiger partial charge in [0.05, 0.1) is 23.8 Å². The highest BCUT2D eigenvalue weighted by Gasteiger charge is 2.17. The number of nitrogens with zero attached hydrogens (tertiary/aromatic N) is 3. The molecule has 2 aromatic rings. The molecular weight excluding hydrogens is 350 g/mol. The second-order valence-corrected chi connectivity index (χ2v) is 13.2. The number of hydrogen-bond acceptors (Lipinski definition) is 6. The lowest BCUT2D eigenvalue weighted by Gasteiger charge is -2.17. The monoisotopic (exact) mass is 373 g/mol. The first-order valence-corrected chi connectivity index (χ1v) is 13.0. The summed E-state index contributed by atoms with van der Waals surface area (Å²) < 4.78 is 11.8. The van der Waals surface area contributed by atoms with Gasteiger partial charge in [0.15, 0.2) is 5.16 Å². The molecule has 0 N–H and O–H groups in total. The minimum atomic E-state index is -1.17. The molecule has 25 heavy (non-hydrogen) atoms. The Labute approximate surface area is 154 Å². The van der Waals surface area contributed by atoms with Crippen molar-refractivity contribution in [2.24, 2.45) is 0 Å². The standard InChI is InChI=1S/C18H23N3O2SSi/c1-13-16(22-10-11-25(3,4)5)20-18(24-2)21-17(13)23-15-8-6-14(12-19)7-9-15/h6-9H,10-11H2,1-5H3. The Morgan fingerprint density at radius 1 is 1.12 bits per heavy atom. The quantitative estimate of drug-likeness (QED) is 0.391. The van der Waals surface area contributed by atoms with Crippen LogP contribution >= 0.6 is 11.8 Å². The summed E-state index contributed by atoms with van der Waals surface area (Å²) in [5.74, 6) is 1.68. The van der Waals surface area contributed by atoms with E-state index in [1.54, 1.807) is 24.3 Å². The van der Waals surface area contributed by atoms with Gasteiger partial charge in [0.1, 0.15) is 5.75 Å². The lowest BCUT2D eigenvalue weighted by molar-refractivity contribution is 0.313. The number of ether oxygens (including phenoxy) is 2. The van der Waals surface area contributed by atoms with E-state index in [-0.39, 0.29) is 0 Å². The van der Waals surface area contributed by atoms with Gasteiger partial charge in [0.2, 0.25) is 11.8 Å². The molecule has 0 unspecified atom stereocenters. The van der Waals surface area contributed by atoms with E-state index in [1.165, 1.54) is 11.8 Å². The maximum atomic E-state index is 8.88.